The number of Topliss-reactive ketones (excluding diaryl/α,β-unsaturated/α-hetero) is 1. The fraction of sp³-hybridized carbons (Fsp3) is 0.750. The SMILES string of the molecule is C=C(C)[C@H]1C[C@H]2C3C[C@@H]1C(=O)[C@]32C. The quantitative estimate of drug-likeness (QED) is 0.561. The number of ketones is 1. The van der Waals surface area contributed by atoms with Crippen LogP contribution in [0.5, 0.6) is 0 Å². The minimum Gasteiger partial charge on any atom is -0.299 e. The third-order valence-electron chi connectivity index (χ3n) is 4.92. The number of carbonyl (C=O) groups is 1. The summed E-state index contributed by atoms with van der Waals surface area (Å²) in [7, 11) is 0. The second-order valence-corrected chi connectivity index (χ2v) is 5.39. The number of fused-ring (bicyclic) bond motifs is 1. The molecule has 4 rings (SSSR count). The third-order valence-corrected chi connectivity index (χ3v) is 4.92. The van der Waals surface area contributed by atoms with Crippen LogP contribution in [0.4, 0.5) is 0 Å². The molecule has 0 spiro atoms. The van der Waals surface area contributed by atoms with Crippen molar-refractivity contribution in [1.82, 2.24) is 0 Å². The van der Waals surface area contributed by atoms with Crippen LogP contribution < -0.4 is 0 Å². The van der Waals surface area contributed by atoms with Crippen LogP contribution >= 0.6 is 0 Å². The van der Waals surface area contributed by atoms with E-state index in [4.69, 9.17) is 0 Å². The van der Waals surface area contributed by atoms with E-state index in [9.17, 15) is 4.79 Å². The molecule has 0 aromatic heterocycles. The molecular weight excluding hydrogens is 160 g/mol. The van der Waals surface area contributed by atoms with E-state index < -0.39 is 0 Å². The molecule has 0 saturated heterocycles. The predicted molar refractivity (Wildman–Crippen MR) is 51.1 cm³/mol. The van der Waals surface area contributed by atoms with Crippen molar-refractivity contribution in [2.24, 2.45) is 29.1 Å². The average molecular weight is 176 g/mol. The van der Waals surface area contributed by atoms with Crippen molar-refractivity contribution in [2.75, 3.05) is 0 Å². The number of rotatable bonds is 1. The largest absolute Gasteiger partial charge is 0.299 e. The summed E-state index contributed by atoms with van der Waals surface area (Å²) in [6.07, 6.45) is 2.41. The maximum Gasteiger partial charge on any atom is 0.143 e. The summed E-state index contributed by atoms with van der Waals surface area (Å²) in [5.41, 5.74) is 1.35. The van der Waals surface area contributed by atoms with Crippen molar-refractivity contribution in [2.45, 2.75) is 26.7 Å². The normalized spacial score (nSPS) is 56.6. The van der Waals surface area contributed by atoms with E-state index in [1.807, 2.05) is 0 Å². The topological polar surface area (TPSA) is 17.1 Å². The highest BCUT2D eigenvalue weighted by atomic mass is 16.1. The van der Waals surface area contributed by atoms with Gasteiger partial charge in [0.25, 0.3) is 0 Å². The van der Waals surface area contributed by atoms with Crippen LogP contribution in [0.2, 0.25) is 0 Å². The van der Waals surface area contributed by atoms with Gasteiger partial charge in [-0.05, 0) is 37.5 Å². The molecule has 1 unspecified atom stereocenters. The first-order chi connectivity index (χ1) is 6.06. The summed E-state index contributed by atoms with van der Waals surface area (Å²) < 4.78 is 0. The molecule has 1 heteroatoms. The Morgan fingerprint density at radius 2 is 2.08 bits per heavy atom. The summed E-state index contributed by atoms with van der Waals surface area (Å²) in [5.74, 6) is 2.89. The molecule has 4 aliphatic carbocycles. The van der Waals surface area contributed by atoms with Crippen molar-refractivity contribution in [1.29, 1.82) is 0 Å². The zero-order valence-corrected chi connectivity index (χ0v) is 8.34. The lowest BCUT2D eigenvalue weighted by Gasteiger charge is -2.32. The Morgan fingerprint density at radius 1 is 1.46 bits per heavy atom. The molecule has 0 radical (unpaired) electrons. The Hall–Kier alpha value is -0.590. The number of hydrogen-bond acceptors (Lipinski definition) is 1. The standard InChI is InChI=1S/C12H16O/c1-6(2)7-4-9-10-5-8(7)11(13)12(9,10)3/h7-10H,1,4-5H2,2-3H3/t7-,8+,9+,10?,12+/m1/s1. The van der Waals surface area contributed by atoms with E-state index in [0.29, 0.717) is 23.5 Å². The molecule has 4 bridgehead atoms. The molecule has 70 valence electrons. The molecule has 4 fully saturated rings. The van der Waals surface area contributed by atoms with Gasteiger partial charge in [-0.2, -0.15) is 0 Å². The van der Waals surface area contributed by atoms with Crippen molar-refractivity contribution in [3.8, 4) is 0 Å². The molecule has 4 saturated carbocycles. The summed E-state index contributed by atoms with van der Waals surface area (Å²) in [4.78, 5) is 12.0. The molecule has 0 amide bonds. The van der Waals surface area contributed by atoms with Gasteiger partial charge in [0.1, 0.15) is 5.78 Å². The van der Waals surface area contributed by atoms with E-state index >= 15 is 0 Å². The van der Waals surface area contributed by atoms with Crippen LogP contribution in [0, 0.1) is 29.1 Å². The Kier molecular flexibility index (Phi) is 1.15. The Morgan fingerprint density at radius 3 is 2.46 bits per heavy atom. The van der Waals surface area contributed by atoms with Crippen LogP contribution in [0.1, 0.15) is 26.7 Å². The number of allylic oxidation sites excluding steroid dienone is 1. The number of carbonyl (C=O) groups excluding carboxylic acids is 1. The monoisotopic (exact) mass is 176 g/mol. The van der Waals surface area contributed by atoms with Gasteiger partial charge >= 0.3 is 0 Å². The van der Waals surface area contributed by atoms with E-state index in [1.54, 1.807) is 0 Å². The van der Waals surface area contributed by atoms with Gasteiger partial charge in [-0.1, -0.05) is 19.1 Å². The molecule has 4 aliphatic rings. The molecule has 13 heavy (non-hydrogen) atoms. The summed E-state index contributed by atoms with van der Waals surface area (Å²) in [5, 5.41) is 0. The first-order valence-electron chi connectivity index (χ1n) is 5.26. The minimum atomic E-state index is 0.122. The van der Waals surface area contributed by atoms with E-state index in [-0.39, 0.29) is 5.41 Å². The van der Waals surface area contributed by atoms with Gasteiger partial charge in [0.15, 0.2) is 0 Å². The molecule has 0 N–H and O–H groups in total. The van der Waals surface area contributed by atoms with Crippen LogP contribution in [0.3, 0.4) is 0 Å². The van der Waals surface area contributed by atoms with E-state index in [1.165, 1.54) is 12.0 Å². The van der Waals surface area contributed by atoms with Gasteiger partial charge in [0.05, 0.1) is 0 Å². The highest BCUT2D eigenvalue weighted by Crippen LogP contribution is 2.75. The van der Waals surface area contributed by atoms with E-state index in [2.05, 4.69) is 20.4 Å². The highest BCUT2D eigenvalue weighted by molar-refractivity contribution is 5.94. The molecule has 0 aromatic carbocycles. The Bertz CT molecular complexity index is 317. The molecule has 5 atom stereocenters. The van der Waals surface area contributed by atoms with Crippen LogP contribution in [0.25, 0.3) is 0 Å². The average Bonchev–Trinajstić information content (AvgIpc) is 2.62. The van der Waals surface area contributed by atoms with Gasteiger partial charge < -0.3 is 0 Å². The van der Waals surface area contributed by atoms with Crippen molar-refractivity contribution < 1.29 is 4.79 Å². The lowest BCUT2D eigenvalue weighted by atomic mass is 9.70. The molecule has 0 aromatic rings. The van der Waals surface area contributed by atoms with Gasteiger partial charge in [-0.15, -0.1) is 0 Å². The number of hydrogen-bond donors (Lipinski definition) is 0. The van der Waals surface area contributed by atoms with Crippen molar-refractivity contribution >= 4 is 5.78 Å². The lowest BCUT2D eigenvalue weighted by molar-refractivity contribution is -0.129. The van der Waals surface area contributed by atoms with E-state index in [0.717, 1.165) is 12.3 Å². The first kappa shape index (κ1) is 7.78. The van der Waals surface area contributed by atoms with Gasteiger partial charge in [-0.3, -0.25) is 4.79 Å². The smallest absolute Gasteiger partial charge is 0.143 e. The Balaban J connectivity index is 1.97. The zero-order chi connectivity index (χ0) is 9.38. The van der Waals surface area contributed by atoms with Crippen LogP contribution in [0.15, 0.2) is 12.2 Å². The first-order valence-corrected chi connectivity index (χ1v) is 5.26. The summed E-state index contributed by atoms with van der Waals surface area (Å²) in [6.45, 7) is 8.27. The maximum absolute atomic E-state index is 12.0. The highest BCUT2D eigenvalue weighted by Gasteiger charge is 2.75. The van der Waals surface area contributed by atoms with Gasteiger partial charge in [-0.25, -0.2) is 0 Å². The van der Waals surface area contributed by atoms with Crippen molar-refractivity contribution in [3.05, 3.63) is 12.2 Å². The second kappa shape index (κ2) is 1.92. The fourth-order valence-electron chi connectivity index (χ4n) is 3.99. The minimum absolute atomic E-state index is 0.122. The fourth-order valence-corrected chi connectivity index (χ4v) is 3.99. The second-order valence-electron chi connectivity index (χ2n) is 5.39. The molecule has 1 nitrogen and oxygen atoms in total. The van der Waals surface area contributed by atoms with Crippen LogP contribution in [-0.4, -0.2) is 5.78 Å². The third kappa shape index (κ3) is 0.651. The molecule has 0 aliphatic heterocycles. The molecular formula is C12H16O. The van der Waals surface area contributed by atoms with Gasteiger partial charge in [0, 0.05) is 11.3 Å². The summed E-state index contributed by atoms with van der Waals surface area (Å²) >= 11 is 0. The van der Waals surface area contributed by atoms with Crippen LogP contribution in [-0.2, 0) is 4.79 Å². The predicted octanol–water partition coefficient (Wildman–Crippen LogP) is 2.42. The van der Waals surface area contributed by atoms with Gasteiger partial charge in [0.2, 0.25) is 0 Å². The maximum atomic E-state index is 12.0. The molecule has 0 heterocycles. The lowest BCUT2D eigenvalue weighted by Crippen LogP contribution is -2.33. The summed E-state index contributed by atoms with van der Waals surface area (Å²) in [6, 6.07) is 0. The zero-order valence-electron chi connectivity index (χ0n) is 8.34. The Labute approximate surface area is 79.2 Å². The van der Waals surface area contributed by atoms with Crippen molar-refractivity contribution in [3.63, 3.8) is 0 Å².